The maximum atomic E-state index is 12.7. The summed E-state index contributed by atoms with van der Waals surface area (Å²) in [6.45, 7) is 2.82. The summed E-state index contributed by atoms with van der Waals surface area (Å²) >= 11 is 0. The van der Waals surface area contributed by atoms with Crippen LogP contribution in [-0.2, 0) is 20.9 Å². The van der Waals surface area contributed by atoms with Gasteiger partial charge in [-0.05, 0) is 48.2 Å². The third kappa shape index (κ3) is 9.88. The van der Waals surface area contributed by atoms with E-state index in [2.05, 4.69) is 26.2 Å². The topological polar surface area (TPSA) is 152 Å². The van der Waals surface area contributed by atoms with Crippen LogP contribution in [0.1, 0.15) is 36.5 Å². The first kappa shape index (κ1) is 34.1. The highest BCUT2D eigenvalue weighted by Crippen LogP contribution is 2.28. The van der Waals surface area contributed by atoms with Gasteiger partial charge in [-0.25, -0.2) is 4.79 Å². The highest BCUT2D eigenvalue weighted by molar-refractivity contribution is 5.92. The Balaban J connectivity index is 0.982. The molecule has 250 valence electrons. The fourth-order valence-electron chi connectivity index (χ4n) is 5.68. The zero-order valence-electron chi connectivity index (χ0n) is 26.6. The van der Waals surface area contributed by atoms with Crippen LogP contribution in [0, 0.1) is 0 Å². The van der Waals surface area contributed by atoms with Gasteiger partial charge in [0.1, 0.15) is 11.9 Å². The molecule has 0 spiro atoms. The number of phenols is 1. The Kier molecular flexibility index (Phi) is 12.1. The highest BCUT2D eigenvalue weighted by atomic mass is 16.6. The van der Waals surface area contributed by atoms with Gasteiger partial charge < -0.3 is 35.8 Å². The highest BCUT2D eigenvalue weighted by Gasteiger charge is 2.23. The smallest absolute Gasteiger partial charge is 0.411 e. The molecule has 0 unspecified atom stereocenters. The molecule has 4 aromatic rings. The van der Waals surface area contributed by atoms with Crippen LogP contribution < -0.4 is 21.3 Å². The first-order valence-electron chi connectivity index (χ1n) is 16.0. The predicted molar refractivity (Wildman–Crippen MR) is 186 cm³/mol. The number of aliphatic hydroxyl groups is 1. The van der Waals surface area contributed by atoms with Gasteiger partial charge >= 0.3 is 6.09 Å². The number of hydrogen-bond donors (Lipinski definition) is 6. The Labute approximate surface area is 279 Å². The van der Waals surface area contributed by atoms with Crippen molar-refractivity contribution in [3.63, 3.8) is 0 Å². The first-order chi connectivity index (χ1) is 23.4. The molecule has 3 amide bonds. The van der Waals surface area contributed by atoms with Crippen molar-refractivity contribution >= 4 is 35.5 Å². The van der Waals surface area contributed by atoms with Crippen LogP contribution in [-0.4, -0.2) is 65.8 Å². The molecule has 6 N–H and O–H groups in total. The van der Waals surface area contributed by atoms with Gasteiger partial charge in [0, 0.05) is 67.7 Å². The van der Waals surface area contributed by atoms with Gasteiger partial charge in [-0.15, -0.1) is 0 Å². The van der Waals surface area contributed by atoms with Crippen LogP contribution in [0.4, 0.5) is 21.9 Å². The molecule has 0 saturated carbocycles. The minimum atomic E-state index is -0.891. The zero-order chi connectivity index (χ0) is 33.7. The number of amides is 3. The fraction of sp³-hybridized carbons (Fsp3) is 0.270. The van der Waals surface area contributed by atoms with Gasteiger partial charge in [-0.2, -0.15) is 0 Å². The molecule has 11 nitrogen and oxygen atoms in total. The van der Waals surface area contributed by atoms with Crippen LogP contribution in [0.25, 0.3) is 11.1 Å². The van der Waals surface area contributed by atoms with Crippen molar-refractivity contribution in [3.05, 3.63) is 108 Å². The van der Waals surface area contributed by atoms with E-state index in [-0.39, 0.29) is 24.3 Å². The van der Waals surface area contributed by atoms with Crippen molar-refractivity contribution in [2.75, 3.05) is 42.1 Å². The SMILES string of the molecule is O=CNc1cc(O)ccc1[C@@H](O)CNCc1ccc(NC(=O)CCN2CCC(OC(=O)Nc3ccccc3-c3ccccc3)CC2)cc1. The molecule has 1 atom stereocenters. The quantitative estimate of drug-likeness (QED) is 0.0980. The number of anilines is 3. The summed E-state index contributed by atoms with van der Waals surface area (Å²) in [6, 6.07) is 29.4. The van der Waals surface area contributed by atoms with Gasteiger partial charge in [0.05, 0.1) is 11.8 Å². The fourth-order valence-corrected chi connectivity index (χ4v) is 5.68. The lowest BCUT2D eigenvalue weighted by Crippen LogP contribution is -2.39. The number of phenolic OH excluding ortho intramolecular Hbond substituents is 1. The van der Waals surface area contributed by atoms with Crippen LogP contribution in [0.2, 0.25) is 0 Å². The Morgan fingerprint density at radius 3 is 2.38 bits per heavy atom. The molecular formula is C37H41N5O6. The number of piperidine rings is 1. The number of nitrogens with one attached hydrogen (secondary N) is 4. The standard InChI is InChI=1S/C37H41N5O6/c43-25-39-34-22-29(44)14-15-32(34)35(45)24-38-23-26-10-12-28(13-11-26)40-36(46)18-21-42-19-16-30(17-20-42)48-37(47)41-33-9-5-4-8-31(33)27-6-2-1-3-7-27/h1-15,22,25,30,35,38,44-45H,16-21,23-24H2,(H,39,43)(H,40,46)(H,41,47)/t35-/m0/s1. The summed E-state index contributed by atoms with van der Waals surface area (Å²) in [5.74, 6) is -0.0849. The normalized spacial score (nSPS) is 14.1. The number of hydrogen-bond acceptors (Lipinski definition) is 8. The van der Waals surface area contributed by atoms with E-state index in [4.69, 9.17) is 4.74 Å². The number of benzene rings is 4. The summed E-state index contributed by atoms with van der Waals surface area (Å²) in [5.41, 5.74) is 5.16. The van der Waals surface area contributed by atoms with Gasteiger partial charge in [-0.3, -0.25) is 14.9 Å². The number of para-hydroxylation sites is 1. The van der Waals surface area contributed by atoms with Crippen LogP contribution in [0.3, 0.4) is 0 Å². The number of aromatic hydroxyl groups is 1. The molecule has 1 aliphatic heterocycles. The molecule has 0 bridgehead atoms. The minimum Gasteiger partial charge on any atom is -0.508 e. The van der Waals surface area contributed by atoms with Crippen molar-refractivity contribution in [3.8, 4) is 16.9 Å². The molecule has 0 aromatic heterocycles. The Bertz CT molecular complexity index is 1660. The summed E-state index contributed by atoms with van der Waals surface area (Å²) in [7, 11) is 0. The second kappa shape index (κ2) is 17.1. The van der Waals surface area contributed by atoms with E-state index in [1.165, 1.54) is 12.1 Å². The van der Waals surface area contributed by atoms with E-state index < -0.39 is 12.2 Å². The van der Waals surface area contributed by atoms with E-state index in [1.807, 2.05) is 78.9 Å². The van der Waals surface area contributed by atoms with Crippen molar-refractivity contribution in [1.82, 2.24) is 10.2 Å². The molecule has 0 radical (unpaired) electrons. The lowest BCUT2D eigenvalue weighted by atomic mass is 10.0. The maximum absolute atomic E-state index is 12.7. The van der Waals surface area contributed by atoms with Crippen molar-refractivity contribution in [2.24, 2.45) is 0 Å². The Hall–Kier alpha value is -5.23. The van der Waals surface area contributed by atoms with Crippen molar-refractivity contribution in [1.29, 1.82) is 0 Å². The Morgan fingerprint density at radius 1 is 0.896 bits per heavy atom. The number of ether oxygens (including phenoxy) is 1. The molecule has 1 heterocycles. The molecule has 0 aliphatic carbocycles. The maximum Gasteiger partial charge on any atom is 0.411 e. The van der Waals surface area contributed by atoms with Gasteiger partial charge in [0.2, 0.25) is 12.3 Å². The first-order valence-corrected chi connectivity index (χ1v) is 16.0. The number of aliphatic hydroxyl groups excluding tert-OH is 1. The second-order valence-electron chi connectivity index (χ2n) is 11.7. The van der Waals surface area contributed by atoms with E-state index in [1.54, 1.807) is 6.07 Å². The van der Waals surface area contributed by atoms with Crippen molar-refractivity contribution < 1.29 is 29.3 Å². The third-order valence-corrected chi connectivity index (χ3v) is 8.23. The van der Waals surface area contributed by atoms with Crippen LogP contribution in [0.15, 0.2) is 97.1 Å². The monoisotopic (exact) mass is 651 g/mol. The average Bonchev–Trinajstić information content (AvgIpc) is 3.09. The van der Waals surface area contributed by atoms with E-state index in [0.717, 1.165) is 29.8 Å². The summed E-state index contributed by atoms with van der Waals surface area (Å²) < 4.78 is 5.73. The van der Waals surface area contributed by atoms with E-state index >= 15 is 0 Å². The Morgan fingerprint density at radius 2 is 1.62 bits per heavy atom. The van der Waals surface area contributed by atoms with Crippen LogP contribution >= 0.6 is 0 Å². The lowest BCUT2D eigenvalue weighted by Gasteiger charge is -2.31. The molecular weight excluding hydrogens is 610 g/mol. The average molecular weight is 652 g/mol. The van der Waals surface area contributed by atoms with Gasteiger partial charge in [0.25, 0.3) is 0 Å². The summed E-state index contributed by atoms with van der Waals surface area (Å²) in [6.07, 6.45) is 0.711. The molecule has 48 heavy (non-hydrogen) atoms. The number of likely N-dealkylation sites (tertiary alicyclic amines) is 1. The number of carbonyl (C=O) groups excluding carboxylic acids is 3. The van der Waals surface area contributed by atoms with Gasteiger partial charge in [-0.1, -0.05) is 66.7 Å². The zero-order valence-corrected chi connectivity index (χ0v) is 26.6. The largest absolute Gasteiger partial charge is 0.508 e. The molecule has 4 aromatic carbocycles. The lowest BCUT2D eigenvalue weighted by molar-refractivity contribution is -0.116. The third-order valence-electron chi connectivity index (χ3n) is 8.23. The molecule has 11 heteroatoms. The number of carbonyl (C=O) groups is 3. The second-order valence-corrected chi connectivity index (χ2v) is 11.7. The molecule has 1 fully saturated rings. The number of nitrogens with zero attached hydrogens (tertiary/aromatic N) is 1. The molecule has 1 aliphatic rings. The predicted octanol–water partition coefficient (Wildman–Crippen LogP) is 5.49. The molecule has 1 saturated heterocycles. The van der Waals surface area contributed by atoms with Crippen LogP contribution in [0.5, 0.6) is 5.75 Å². The van der Waals surface area contributed by atoms with Gasteiger partial charge in [0.15, 0.2) is 0 Å². The summed E-state index contributed by atoms with van der Waals surface area (Å²) in [4.78, 5) is 38.4. The van der Waals surface area contributed by atoms with E-state index in [0.29, 0.717) is 61.4 Å². The number of rotatable bonds is 14. The molecule has 5 rings (SSSR count). The van der Waals surface area contributed by atoms with Crippen molar-refractivity contribution in [2.45, 2.75) is 38.0 Å². The van der Waals surface area contributed by atoms with E-state index in [9.17, 15) is 24.6 Å². The minimum absolute atomic E-state index is 0.00848. The summed E-state index contributed by atoms with van der Waals surface area (Å²) in [5, 5.41) is 31.7.